The van der Waals surface area contributed by atoms with Crippen LogP contribution in [0.4, 0.5) is 0 Å². The second-order valence-corrected chi connectivity index (χ2v) is 6.67. The van der Waals surface area contributed by atoms with Gasteiger partial charge in [-0.1, -0.05) is 6.07 Å². The van der Waals surface area contributed by atoms with E-state index in [9.17, 15) is 9.59 Å². The molecule has 0 N–H and O–H groups in total. The Balaban J connectivity index is 1.67. The van der Waals surface area contributed by atoms with Gasteiger partial charge in [-0.05, 0) is 56.2 Å². The zero-order valence-corrected chi connectivity index (χ0v) is 16.1. The van der Waals surface area contributed by atoms with Crippen molar-refractivity contribution in [1.29, 1.82) is 0 Å². The van der Waals surface area contributed by atoms with Gasteiger partial charge in [0.2, 0.25) is 0 Å². The van der Waals surface area contributed by atoms with Gasteiger partial charge in [0.1, 0.15) is 11.4 Å². The topological polar surface area (TPSA) is 62.7 Å². The number of aryl methyl sites for hydroxylation is 2. The van der Waals surface area contributed by atoms with Gasteiger partial charge in [0, 0.05) is 37.9 Å². The molecule has 1 fully saturated rings. The van der Waals surface area contributed by atoms with Crippen LogP contribution in [0.3, 0.4) is 0 Å². The molecule has 1 aromatic carbocycles. The SMILES string of the molecule is CCOc1cc(C)c(C(=O)N2CCN(C(=O)c3ccccn3)CC2)cc1C. The Labute approximate surface area is 159 Å². The smallest absolute Gasteiger partial charge is 0.272 e. The zero-order chi connectivity index (χ0) is 19.4. The minimum atomic E-state index is -0.0872. The Hall–Kier alpha value is -2.89. The van der Waals surface area contributed by atoms with Crippen molar-refractivity contribution in [2.24, 2.45) is 0 Å². The first kappa shape index (κ1) is 18.9. The molecule has 2 aromatic rings. The fourth-order valence-electron chi connectivity index (χ4n) is 3.27. The molecule has 1 aromatic heterocycles. The highest BCUT2D eigenvalue weighted by Crippen LogP contribution is 2.24. The summed E-state index contributed by atoms with van der Waals surface area (Å²) in [6.07, 6.45) is 1.62. The van der Waals surface area contributed by atoms with E-state index in [2.05, 4.69) is 4.98 Å². The predicted molar refractivity (Wildman–Crippen MR) is 103 cm³/mol. The third kappa shape index (κ3) is 4.10. The maximum Gasteiger partial charge on any atom is 0.272 e. The monoisotopic (exact) mass is 367 g/mol. The van der Waals surface area contributed by atoms with E-state index in [0.29, 0.717) is 44.0 Å². The summed E-state index contributed by atoms with van der Waals surface area (Å²) in [6.45, 7) is 8.47. The highest BCUT2D eigenvalue weighted by molar-refractivity contribution is 5.96. The Morgan fingerprint density at radius 2 is 1.67 bits per heavy atom. The summed E-state index contributed by atoms with van der Waals surface area (Å²) in [6, 6.07) is 9.12. The van der Waals surface area contributed by atoms with E-state index in [4.69, 9.17) is 4.74 Å². The highest BCUT2D eigenvalue weighted by Gasteiger charge is 2.27. The van der Waals surface area contributed by atoms with Crippen molar-refractivity contribution in [2.45, 2.75) is 20.8 Å². The molecule has 1 saturated heterocycles. The van der Waals surface area contributed by atoms with Crippen LogP contribution in [0, 0.1) is 13.8 Å². The van der Waals surface area contributed by atoms with Crippen LogP contribution in [0.5, 0.6) is 5.75 Å². The normalized spacial score (nSPS) is 14.2. The maximum atomic E-state index is 13.0. The lowest BCUT2D eigenvalue weighted by atomic mass is 10.0. The second-order valence-electron chi connectivity index (χ2n) is 6.67. The van der Waals surface area contributed by atoms with Gasteiger partial charge in [0.15, 0.2) is 0 Å². The molecule has 0 bridgehead atoms. The first-order valence-corrected chi connectivity index (χ1v) is 9.25. The first-order chi connectivity index (χ1) is 13.0. The van der Waals surface area contributed by atoms with Crippen molar-refractivity contribution in [1.82, 2.24) is 14.8 Å². The van der Waals surface area contributed by atoms with Gasteiger partial charge in [-0.3, -0.25) is 14.6 Å². The van der Waals surface area contributed by atoms with Crippen LogP contribution < -0.4 is 4.74 Å². The lowest BCUT2D eigenvalue weighted by Gasteiger charge is -2.35. The molecule has 27 heavy (non-hydrogen) atoms. The molecule has 0 saturated carbocycles. The summed E-state index contributed by atoms with van der Waals surface area (Å²) in [5, 5.41) is 0. The molecule has 6 nitrogen and oxygen atoms in total. The maximum absolute atomic E-state index is 13.0. The first-order valence-electron chi connectivity index (χ1n) is 9.25. The predicted octanol–water partition coefficient (Wildman–Crippen LogP) is 2.70. The summed E-state index contributed by atoms with van der Waals surface area (Å²) in [7, 11) is 0. The van der Waals surface area contributed by atoms with Crippen LogP contribution in [0.1, 0.15) is 38.9 Å². The molecule has 0 radical (unpaired) electrons. The molecule has 1 aliphatic rings. The molecular formula is C21H25N3O3. The van der Waals surface area contributed by atoms with E-state index in [1.807, 2.05) is 37.8 Å². The average molecular weight is 367 g/mol. The van der Waals surface area contributed by atoms with Crippen molar-refractivity contribution < 1.29 is 14.3 Å². The van der Waals surface area contributed by atoms with Crippen LogP contribution in [0.25, 0.3) is 0 Å². The number of benzene rings is 1. The second kappa shape index (κ2) is 8.20. The number of aromatic nitrogens is 1. The number of carbonyl (C=O) groups excluding carboxylic acids is 2. The molecule has 0 aliphatic carbocycles. The van der Waals surface area contributed by atoms with Gasteiger partial charge < -0.3 is 14.5 Å². The van der Waals surface area contributed by atoms with Gasteiger partial charge in [-0.15, -0.1) is 0 Å². The largest absolute Gasteiger partial charge is 0.494 e. The molecular weight excluding hydrogens is 342 g/mol. The van der Waals surface area contributed by atoms with Crippen LogP contribution in [-0.4, -0.2) is 59.4 Å². The quantitative estimate of drug-likeness (QED) is 0.834. The number of hydrogen-bond acceptors (Lipinski definition) is 4. The van der Waals surface area contributed by atoms with Gasteiger partial charge >= 0.3 is 0 Å². The van der Waals surface area contributed by atoms with Gasteiger partial charge in [-0.2, -0.15) is 0 Å². The molecule has 1 aliphatic heterocycles. The van der Waals surface area contributed by atoms with Crippen molar-refractivity contribution in [2.75, 3.05) is 32.8 Å². The average Bonchev–Trinajstić information content (AvgIpc) is 2.70. The molecule has 3 rings (SSSR count). The van der Waals surface area contributed by atoms with Gasteiger partial charge in [0.05, 0.1) is 6.61 Å². The van der Waals surface area contributed by atoms with E-state index in [0.717, 1.165) is 16.9 Å². The third-order valence-corrected chi connectivity index (χ3v) is 4.79. The number of piperazine rings is 1. The van der Waals surface area contributed by atoms with E-state index >= 15 is 0 Å². The molecule has 2 amide bonds. The molecule has 2 heterocycles. The van der Waals surface area contributed by atoms with Crippen molar-refractivity contribution >= 4 is 11.8 Å². The number of rotatable bonds is 4. The zero-order valence-electron chi connectivity index (χ0n) is 16.1. The lowest BCUT2D eigenvalue weighted by Crippen LogP contribution is -2.50. The standard InChI is InChI=1S/C21H25N3O3/c1-4-27-19-14-15(2)17(13-16(19)3)20(25)23-9-11-24(12-10-23)21(26)18-7-5-6-8-22-18/h5-8,13-14H,4,9-12H2,1-3H3. The molecule has 0 atom stereocenters. The fraction of sp³-hybridized carbons (Fsp3) is 0.381. The number of pyridine rings is 1. The summed E-state index contributed by atoms with van der Waals surface area (Å²) in [5.41, 5.74) is 2.99. The minimum Gasteiger partial charge on any atom is -0.494 e. The van der Waals surface area contributed by atoms with E-state index < -0.39 is 0 Å². The van der Waals surface area contributed by atoms with Crippen molar-refractivity contribution in [3.8, 4) is 5.75 Å². The molecule has 6 heteroatoms. The molecule has 0 unspecified atom stereocenters. The number of amides is 2. The fourth-order valence-corrected chi connectivity index (χ4v) is 3.27. The van der Waals surface area contributed by atoms with Crippen LogP contribution in [0.2, 0.25) is 0 Å². The van der Waals surface area contributed by atoms with Crippen LogP contribution in [-0.2, 0) is 0 Å². The van der Waals surface area contributed by atoms with Gasteiger partial charge in [-0.25, -0.2) is 0 Å². The summed E-state index contributed by atoms with van der Waals surface area (Å²) < 4.78 is 5.61. The van der Waals surface area contributed by atoms with Gasteiger partial charge in [0.25, 0.3) is 11.8 Å². The number of hydrogen-bond donors (Lipinski definition) is 0. The van der Waals surface area contributed by atoms with Crippen molar-refractivity contribution in [3.63, 3.8) is 0 Å². The highest BCUT2D eigenvalue weighted by atomic mass is 16.5. The van der Waals surface area contributed by atoms with E-state index in [1.165, 1.54) is 0 Å². The number of carbonyl (C=O) groups is 2. The van der Waals surface area contributed by atoms with E-state index in [-0.39, 0.29) is 11.8 Å². The van der Waals surface area contributed by atoms with Crippen LogP contribution >= 0.6 is 0 Å². The lowest BCUT2D eigenvalue weighted by molar-refractivity contribution is 0.0532. The minimum absolute atomic E-state index is 0.00332. The van der Waals surface area contributed by atoms with Crippen molar-refractivity contribution in [3.05, 3.63) is 58.9 Å². The Bertz CT molecular complexity index is 828. The number of ether oxygens (including phenoxy) is 1. The number of nitrogens with zero attached hydrogens (tertiary/aromatic N) is 3. The van der Waals surface area contributed by atoms with E-state index in [1.54, 1.807) is 29.3 Å². The molecule has 142 valence electrons. The molecule has 0 spiro atoms. The Morgan fingerprint density at radius 1 is 1.00 bits per heavy atom. The summed E-state index contributed by atoms with van der Waals surface area (Å²) >= 11 is 0. The third-order valence-electron chi connectivity index (χ3n) is 4.79. The summed E-state index contributed by atoms with van der Waals surface area (Å²) in [4.78, 5) is 33.1. The van der Waals surface area contributed by atoms with Crippen LogP contribution in [0.15, 0.2) is 36.5 Å². The Morgan fingerprint density at radius 3 is 2.26 bits per heavy atom. The summed E-state index contributed by atoms with van der Waals surface area (Å²) in [5.74, 6) is 0.733. The Kier molecular flexibility index (Phi) is 5.74.